The van der Waals surface area contributed by atoms with Crippen molar-refractivity contribution in [3.63, 3.8) is 0 Å². The molecule has 3 aromatic rings. The Morgan fingerprint density at radius 2 is 1.68 bits per heavy atom. The van der Waals surface area contributed by atoms with E-state index in [1.165, 1.54) is 5.56 Å². The van der Waals surface area contributed by atoms with Gasteiger partial charge in [-0.3, -0.25) is 0 Å². The van der Waals surface area contributed by atoms with Crippen molar-refractivity contribution >= 4 is 28.9 Å². The summed E-state index contributed by atoms with van der Waals surface area (Å²) in [6, 6.07) is 21.8. The second kappa shape index (κ2) is 8.28. The smallest absolute Gasteiger partial charge is 0.120 e. The van der Waals surface area contributed by atoms with Gasteiger partial charge in [0.25, 0.3) is 0 Å². The molecule has 0 atom stereocenters. The van der Waals surface area contributed by atoms with Crippen LogP contribution in [-0.2, 0) is 13.2 Å². The Bertz CT molecular complexity index is 847. The van der Waals surface area contributed by atoms with Crippen LogP contribution in [0.2, 0.25) is 10.0 Å². The number of ether oxygens (including phenoxy) is 1. The zero-order valence-corrected chi connectivity index (χ0v) is 15.4. The van der Waals surface area contributed by atoms with E-state index in [1.807, 2.05) is 30.3 Å². The fraction of sp³-hybridized carbons (Fsp3) is 0.143. The summed E-state index contributed by atoms with van der Waals surface area (Å²) >= 11 is 12.2. The molecule has 3 aromatic carbocycles. The molecule has 0 bridgehead atoms. The minimum Gasteiger partial charge on any atom is -0.489 e. The van der Waals surface area contributed by atoms with Crippen LogP contribution in [0.25, 0.3) is 0 Å². The highest BCUT2D eigenvalue weighted by Gasteiger charge is 2.03. The van der Waals surface area contributed by atoms with Gasteiger partial charge in [-0.2, -0.15) is 0 Å². The standard InChI is InChI=1S/C21H19Cl2NO/c1-15-5-7-16(8-6-15)14-25-19-4-2-3-17(11-19)13-24-21-12-18(22)9-10-20(21)23/h2-12,24H,13-14H2,1H3. The molecule has 0 spiro atoms. The van der Waals surface area contributed by atoms with E-state index in [4.69, 9.17) is 27.9 Å². The van der Waals surface area contributed by atoms with E-state index in [0.717, 1.165) is 22.6 Å². The predicted molar refractivity (Wildman–Crippen MR) is 106 cm³/mol. The summed E-state index contributed by atoms with van der Waals surface area (Å²) < 4.78 is 5.89. The molecule has 0 unspecified atom stereocenters. The molecule has 0 aliphatic rings. The van der Waals surface area contributed by atoms with Gasteiger partial charge in [-0.05, 0) is 48.4 Å². The Morgan fingerprint density at radius 3 is 2.48 bits per heavy atom. The number of aryl methyl sites for hydroxylation is 1. The van der Waals surface area contributed by atoms with Crippen LogP contribution in [0.4, 0.5) is 5.69 Å². The van der Waals surface area contributed by atoms with Crippen molar-refractivity contribution < 1.29 is 4.74 Å². The molecular weight excluding hydrogens is 353 g/mol. The van der Waals surface area contributed by atoms with Gasteiger partial charge >= 0.3 is 0 Å². The predicted octanol–water partition coefficient (Wildman–Crippen LogP) is 6.49. The van der Waals surface area contributed by atoms with Crippen LogP contribution in [0.15, 0.2) is 66.7 Å². The zero-order chi connectivity index (χ0) is 17.6. The van der Waals surface area contributed by atoms with Gasteiger partial charge in [0.2, 0.25) is 0 Å². The molecule has 128 valence electrons. The SMILES string of the molecule is Cc1ccc(COc2cccc(CNc3cc(Cl)ccc3Cl)c2)cc1. The number of rotatable bonds is 6. The molecule has 2 nitrogen and oxygen atoms in total. The van der Waals surface area contributed by atoms with Gasteiger partial charge in [-0.1, -0.05) is 65.2 Å². The van der Waals surface area contributed by atoms with Crippen LogP contribution in [-0.4, -0.2) is 0 Å². The average molecular weight is 372 g/mol. The first-order chi connectivity index (χ1) is 12.1. The summed E-state index contributed by atoms with van der Waals surface area (Å²) in [5.74, 6) is 0.845. The topological polar surface area (TPSA) is 21.3 Å². The van der Waals surface area contributed by atoms with E-state index >= 15 is 0 Å². The van der Waals surface area contributed by atoms with Gasteiger partial charge in [0.15, 0.2) is 0 Å². The highest BCUT2D eigenvalue weighted by atomic mass is 35.5. The van der Waals surface area contributed by atoms with E-state index < -0.39 is 0 Å². The minimum absolute atomic E-state index is 0.553. The number of halogens is 2. The monoisotopic (exact) mass is 371 g/mol. The molecule has 4 heteroatoms. The molecule has 0 radical (unpaired) electrons. The summed E-state index contributed by atoms with van der Waals surface area (Å²) in [4.78, 5) is 0. The maximum absolute atomic E-state index is 6.18. The van der Waals surface area contributed by atoms with Crippen LogP contribution in [0.3, 0.4) is 0 Å². The number of anilines is 1. The first kappa shape index (κ1) is 17.7. The maximum atomic E-state index is 6.18. The third-order valence-electron chi connectivity index (χ3n) is 3.84. The summed E-state index contributed by atoms with van der Waals surface area (Å²) in [6.07, 6.45) is 0. The molecule has 0 heterocycles. The summed E-state index contributed by atoms with van der Waals surface area (Å²) in [6.45, 7) is 3.27. The quantitative estimate of drug-likeness (QED) is 0.534. The molecule has 1 N–H and O–H groups in total. The zero-order valence-electron chi connectivity index (χ0n) is 13.9. The number of hydrogen-bond donors (Lipinski definition) is 1. The van der Waals surface area contributed by atoms with Crippen molar-refractivity contribution in [1.82, 2.24) is 0 Å². The van der Waals surface area contributed by atoms with E-state index in [1.54, 1.807) is 12.1 Å². The van der Waals surface area contributed by atoms with Crippen LogP contribution < -0.4 is 10.1 Å². The second-order valence-corrected chi connectivity index (χ2v) is 6.74. The fourth-order valence-corrected chi connectivity index (χ4v) is 2.78. The molecule has 0 saturated heterocycles. The summed E-state index contributed by atoms with van der Waals surface area (Å²) in [5.41, 5.74) is 4.33. The van der Waals surface area contributed by atoms with Crippen LogP contribution >= 0.6 is 23.2 Å². The summed E-state index contributed by atoms with van der Waals surface area (Å²) in [5, 5.41) is 4.61. The molecular formula is C21H19Cl2NO. The fourth-order valence-electron chi connectivity index (χ4n) is 2.43. The minimum atomic E-state index is 0.553. The Balaban J connectivity index is 1.61. The second-order valence-electron chi connectivity index (χ2n) is 5.90. The van der Waals surface area contributed by atoms with E-state index in [0.29, 0.717) is 23.2 Å². The molecule has 0 aromatic heterocycles. The van der Waals surface area contributed by atoms with Gasteiger partial charge in [-0.15, -0.1) is 0 Å². The lowest BCUT2D eigenvalue weighted by molar-refractivity contribution is 0.306. The van der Waals surface area contributed by atoms with Gasteiger partial charge in [0.05, 0.1) is 10.7 Å². The average Bonchev–Trinajstić information content (AvgIpc) is 2.62. The lowest BCUT2D eigenvalue weighted by Crippen LogP contribution is -2.01. The molecule has 0 saturated carbocycles. The molecule has 0 aliphatic carbocycles. The van der Waals surface area contributed by atoms with E-state index in [9.17, 15) is 0 Å². The van der Waals surface area contributed by atoms with Gasteiger partial charge in [-0.25, -0.2) is 0 Å². The highest BCUT2D eigenvalue weighted by Crippen LogP contribution is 2.26. The third-order valence-corrected chi connectivity index (χ3v) is 4.40. The van der Waals surface area contributed by atoms with Gasteiger partial charge in [0, 0.05) is 11.6 Å². The van der Waals surface area contributed by atoms with Gasteiger partial charge in [0.1, 0.15) is 12.4 Å². The molecule has 0 fully saturated rings. The van der Waals surface area contributed by atoms with Crippen molar-refractivity contribution in [2.24, 2.45) is 0 Å². The van der Waals surface area contributed by atoms with Crippen molar-refractivity contribution in [3.05, 3.63) is 93.5 Å². The molecule has 3 rings (SSSR count). The number of benzene rings is 3. The third kappa shape index (κ3) is 5.15. The Morgan fingerprint density at radius 1 is 0.880 bits per heavy atom. The van der Waals surface area contributed by atoms with Crippen LogP contribution in [0.5, 0.6) is 5.75 Å². The number of hydrogen-bond acceptors (Lipinski definition) is 2. The lowest BCUT2D eigenvalue weighted by Gasteiger charge is -2.11. The Labute approximate surface area is 158 Å². The normalized spacial score (nSPS) is 10.5. The number of nitrogens with one attached hydrogen (secondary N) is 1. The molecule has 25 heavy (non-hydrogen) atoms. The highest BCUT2D eigenvalue weighted by molar-refractivity contribution is 6.35. The maximum Gasteiger partial charge on any atom is 0.120 e. The van der Waals surface area contributed by atoms with Crippen molar-refractivity contribution in [2.45, 2.75) is 20.1 Å². The molecule has 0 aliphatic heterocycles. The first-order valence-corrected chi connectivity index (χ1v) is 8.82. The Hall–Kier alpha value is -2.16. The first-order valence-electron chi connectivity index (χ1n) is 8.06. The van der Waals surface area contributed by atoms with Gasteiger partial charge < -0.3 is 10.1 Å². The lowest BCUT2D eigenvalue weighted by atomic mass is 10.1. The van der Waals surface area contributed by atoms with E-state index in [2.05, 4.69) is 36.5 Å². The van der Waals surface area contributed by atoms with Crippen molar-refractivity contribution in [3.8, 4) is 5.75 Å². The van der Waals surface area contributed by atoms with Crippen LogP contribution in [0.1, 0.15) is 16.7 Å². The van der Waals surface area contributed by atoms with Crippen molar-refractivity contribution in [2.75, 3.05) is 5.32 Å². The Kier molecular flexibility index (Phi) is 5.85. The largest absolute Gasteiger partial charge is 0.489 e. The van der Waals surface area contributed by atoms with Crippen molar-refractivity contribution in [1.29, 1.82) is 0 Å². The summed E-state index contributed by atoms with van der Waals surface area (Å²) in [7, 11) is 0. The van der Waals surface area contributed by atoms with Crippen LogP contribution in [0, 0.1) is 6.92 Å². The molecule has 0 amide bonds. The van der Waals surface area contributed by atoms with E-state index in [-0.39, 0.29) is 0 Å².